The molecule has 0 bridgehead atoms. The minimum atomic E-state index is 0.0106. The van der Waals surface area contributed by atoms with Gasteiger partial charge in [-0.25, -0.2) is 10.1 Å². The Balaban J connectivity index is 2.65. The molecule has 2 rings (SSSR count). The van der Waals surface area contributed by atoms with E-state index in [0.29, 0.717) is 11.3 Å². The summed E-state index contributed by atoms with van der Waals surface area (Å²) in [5, 5.41) is 31.1. The number of aromatic hydroxyl groups is 1. The summed E-state index contributed by atoms with van der Waals surface area (Å²) >= 11 is 0. The topological polar surface area (TPSA) is 83.6 Å². The number of aryl methyl sites for hydroxylation is 1. The van der Waals surface area contributed by atoms with Crippen molar-refractivity contribution in [2.45, 2.75) is 13.5 Å². The second-order valence-corrected chi connectivity index (χ2v) is 4.08. The molecule has 0 amide bonds. The van der Waals surface area contributed by atoms with Crippen LogP contribution in [0.25, 0.3) is 10.8 Å². The lowest BCUT2D eigenvalue weighted by molar-refractivity contribution is -0.496. The monoisotopic (exact) mass is 262 g/mol. The molecule has 0 unspecified atom stereocenters. The van der Waals surface area contributed by atoms with Gasteiger partial charge in [-0.05, 0) is 36.2 Å². The largest absolute Gasteiger partial charge is 0.507 e. The Morgan fingerprint density at radius 3 is 2.74 bits per heavy atom. The number of azo groups is 1. The van der Waals surface area contributed by atoms with Crippen LogP contribution in [0.3, 0.4) is 0 Å². The van der Waals surface area contributed by atoms with Gasteiger partial charge in [-0.15, -0.1) is 0 Å². The maximum Gasteiger partial charge on any atom is 0.124 e. The van der Waals surface area contributed by atoms with Crippen LogP contribution in [0.5, 0.6) is 5.75 Å². The minimum absolute atomic E-state index is 0.0106. The molecule has 2 N–H and O–H groups in total. The fourth-order valence-corrected chi connectivity index (χ4v) is 2.05. The van der Waals surface area contributed by atoms with E-state index in [1.54, 1.807) is 13.1 Å². The molecule has 0 aliphatic rings. The van der Waals surface area contributed by atoms with Crippen molar-refractivity contribution in [1.29, 1.82) is 0 Å². The van der Waals surface area contributed by atoms with Gasteiger partial charge in [0, 0.05) is 17.8 Å². The van der Waals surface area contributed by atoms with Gasteiger partial charge in [0.2, 0.25) is 0 Å². The van der Waals surface area contributed by atoms with Gasteiger partial charge < -0.3 is 5.11 Å². The second kappa shape index (κ2) is 5.75. The molecule has 6 nitrogen and oxygen atoms in total. The number of phenolic OH excluding ortho intramolecular Hbond substituents is 1. The molecule has 0 saturated carbocycles. The maximum absolute atomic E-state index is 10.1. The summed E-state index contributed by atoms with van der Waals surface area (Å²) in [6.45, 7) is 1.92. The first-order chi connectivity index (χ1) is 9.17. The van der Waals surface area contributed by atoms with E-state index in [1.165, 1.54) is 0 Å². The predicted molar refractivity (Wildman–Crippen MR) is 69.3 cm³/mol. The Hall–Kier alpha value is -2.02. The molecule has 2 aromatic carbocycles. The zero-order chi connectivity index (χ0) is 13.8. The van der Waals surface area contributed by atoms with E-state index in [2.05, 4.69) is 20.2 Å². The highest BCUT2D eigenvalue weighted by atomic mass is 17.5. The molecular weight excluding hydrogens is 248 g/mol. The molecule has 6 heteroatoms. The smallest absolute Gasteiger partial charge is 0.124 e. The summed E-state index contributed by atoms with van der Waals surface area (Å²) in [4.78, 5) is 4.44. The summed E-state index contributed by atoms with van der Waals surface area (Å²) in [6, 6.07) is 7.07. The average molecular weight is 262 g/mol. The third-order valence-electron chi connectivity index (χ3n) is 2.82. The number of phenols is 1. The Labute approximate surface area is 109 Å². The zero-order valence-electron chi connectivity index (χ0n) is 10.6. The van der Waals surface area contributed by atoms with E-state index in [1.807, 2.05) is 25.1 Å². The van der Waals surface area contributed by atoms with Gasteiger partial charge in [-0.3, -0.25) is 0 Å². The Kier molecular flexibility index (Phi) is 4.06. The van der Waals surface area contributed by atoms with Crippen molar-refractivity contribution in [2.75, 3.05) is 7.05 Å². The third-order valence-corrected chi connectivity index (χ3v) is 2.82. The van der Waals surface area contributed by atoms with Crippen LogP contribution < -0.4 is 0 Å². The van der Waals surface area contributed by atoms with Crippen LogP contribution in [0.2, 0.25) is 0 Å². The summed E-state index contributed by atoms with van der Waals surface area (Å²) in [5.74, 6) is 0.125. The lowest BCUT2D eigenvalue weighted by Gasteiger charge is -2.09. The van der Waals surface area contributed by atoms with Crippen molar-refractivity contribution in [3.05, 3.63) is 35.4 Å². The zero-order valence-corrected chi connectivity index (χ0v) is 10.6. The van der Waals surface area contributed by atoms with Gasteiger partial charge in [-0.1, -0.05) is 11.1 Å². The van der Waals surface area contributed by atoms with Crippen LogP contribution in [0.1, 0.15) is 11.1 Å². The van der Waals surface area contributed by atoms with E-state index in [9.17, 15) is 5.11 Å². The first kappa shape index (κ1) is 13.4. The van der Waals surface area contributed by atoms with Crippen molar-refractivity contribution in [2.24, 2.45) is 10.2 Å². The molecule has 0 atom stereocenters. The standard InChI is InChI=1S/C13H14N2O4/c1-8-3-4-11(15-14-2)10-5-9(7-18-19-17)6-12(16)13(8)10/h3-6,16-17H,7H2,1-2H3. The molecule has 0 spiro atoms. The van der Waals surface area contributed by atoms with Crippen molar-refractivity contribution >= 4 is 16.5 Å². The van der Waals surface area contributed by atoms with Crippen LogP contribution >= 0.6 is 0 Å². The first-order valence-electron chi connectivity index (χ1n) is 5.65. The fraction of sp³-hybridized carbons (Fsp3) is 0.231. The molecule has 0 fully saturated rings. The predicted octanol–water partition coefficient (Wildman–Crippen LogP) is 3.49. The highest BCUT2D eigenvalue weighted by Crippen LogP contribution is 2.36. The van der Waals surface area contributed by atoms with Crippen LogP contribution in [-0.4, -0.2) is 17.4 Å². The average Bonchev–Trinajstić information content (AvgIpc) is 2.39. The second-order valence-electron chi connectivity index (χ2n) is 4.08. The Bertz CT molecular complexity index is 626. The quantitative estimate of drug-likeness (QED) is 0.502. The molecule has 19 heavy (non-hydrogen) atoms. The van der Waals surface area contributed by atoms with Crippen molar-refractivity contribution in [3.8, 4) is 5.75 Å². The van der Waals surface area contributed by atoms with Gasteiger partial charge in [0.1, 0.15) is 12.4 Å². The maximum atomic E-state index is 10.1. The lowest BCUT2D eigenvalue weighted by Crippen LogP contribution is -1.92. The molecular formula is C13H14N2O4. The van der Waals surface area contributed by atoms with Gasteiger partial charge in [0.05, 0.1) is 5.69 Å². The van der Waals surface area contributed by atoms with E-state index >= 15 is 0 Å². The SMILES string of the molecule is CN=Nc1ccc(C)c2c(O)cc(COOO)cc12. The molecule has 0 saturated heterocycles. The van der Waals surface area contributed by atoms with E-state index in [-0.39, 0.29) is 12.4 Å². The molecule has 0 aliphatic heterocycles. The summed E-state index contributed by atoms with van der Waals surface area (Å²) < 4.78 is 0. The number of rotatable bonds is 4. The number of hydrogen-bond acceptors (Lipinski definition) is 6. The van der Waals surface area contributed by atoms with Crippen LogP contribution in [-0.2, 0) is 16.5 Å². The Morgan fingerprint density at radius 1 is 1.26 bits per heavy atom. The number of fused-ring (bicyclic) bond motifs is 1. The lowest BCUT2D eigenvalue weighted by atomic mass is 10.0. The van der Waals surface area contributed by atoms with Crippen LogP contribution in [0.4, 0.5) is 5.69 Å². The van der Waals surface area contributed by atoms with Gasteiger partial charge >= 0.3 is 0 Å². The molecule has 2 aromatic rings. The van der Waals surface area contributed by atoms with Crippen LogP contribution in [0, 0.1) is 6.92 Å². The fourth-order valence-electron chi connectivity index (χ4n) is 2.05. The highest BCUT2D eigenvalue weighted by Gasteiger charge is 2.10. The van der Waals surface area contributed by atoms with Crippen LogP contribution in [0.15, 0.2) is 34.5 Å². The van der Waals surface area contributed by atoms with E-state index in [4.69, 9.17) is 5.26 Å². The van der Waals surface area contributed by atoms with Gasteiger partial charge in [0.25, 0.3) is 0 Å². The Morgan fingerprint density at radius 2 is 2.05 bits per heavy atom. The molecule has 0 aromatic heterocycles. The minimum Gasteiger partial charge on any atom is -0.507 e. The third kappa shape index (κ3) is 2.70. The van der Waals surface area contributed by atoms with Crippen molar-refractivity contribution in [3.63, 3.8) is 0 Å². The molecule has 0 radical (unpaired) electrons. The van der Waals surface area contributed by atoms with Crippen molar-refractivity contribution in [1.82, 2.24) is 0 Å². The summed E-state index contributed by atoms with van der Waals surface area (Å²) in [7, 11) is 1.58. The number of hydrogen-bond donors (Lipinski definition) is 2. The summed E-state index contributed by atoms with van der Waals surface area (Å²) in [5.41, 5.74) is 2.25. The first-order valence-corrected chi connectivity index (χ1v) is 5.65. The highest BCUT2D eigenvalue weighted by molar-refractivity contribution is 5.99. The molecule has 0 aliphatic carbocycles. The van der Waals surface area contributed by atoms with Gasteiger partial charge in [0.15, 0.2) is 0 Å². The number of nitrogens with zero attached hydrogens (tertiary/aromatic N) is 2. The van der Waals surface area contributed by atoms with Gasteiger partial charge in [-0.2, -0.15) is 10.2 Å². The number of benzene rings is 2. The van der Waals surface area contributed by atoms with E-state index < -0.39 is 0 Å². The van der Waals surface area contributed by atoms with E-state index in [0.717, 1.165) is 16.3 Å². The summed E-state index contributed by atoms with van der Waals surface area (Å²) in [6.07, 6.45) is 0. The molecule has 0 heterocycles. The van der Waals surface area contributed by atoms with Crippen molar-refractivity contribution < 1.29 is 20.3 Å². The normalized spacial score (nSPS) is 11.5. The molecule has 100 valence electrons.